The number of methoxy groups -OCH3 is 2. The van der Waals surface area contributed by atoms with Crippen molar-refractivity contribution in [3.05, 3.63) is 58.4 Å². The smallest absolute Gasteiger partial charge is 0.339 e. The van der Waals surface area contributed by atoms with Crippen LogP contribution in [0.15, 0.2) is 30.3 Å². The predicted octanol–water partition coefficient (Wildman–Crippen LogP) is 2.28. The number of hydrogen-bond donors (Lipinski definition) is 2. The summed E-state index contributed by atoms with van der Waals surface area (Å²) in [6, 6.07) is 8.42. The van der Waals surface area contributed by atoms with Crippen LogP contribution in [-0.4, -0.2) is 42.8 Å². The van der Waals surface area contributed by atoms with E-state index in [4.69, 9.17) is 9.47 Å². The molecule has 0 spiro atoms. The quantitative estimate of drug-likeness (QED) is 0.519. The molecule has 2 N–H and O–H groups in total. The zero-order valence-corrected chi connectivity index (χ0v) is 16.8. The van der Waals surface area contributed by atoms with Crippen LogP contribution in [0, 0.1) is 6.92 Å². The van der Waals surface area contributed by atoms with Gasteiger partial charge in [0.2, 0.25) is 5.91 Å². The summed E-state index contributed by atoms with van der Waals surface area (Å²) in [5.41, 5.74) is 1.87. The van der Waals surface area contributed by atoms with Crippen LogP contribution in [0.25, 0.3) is 0 Å². The molecule has 0 bridgehead atoms. The number of hydrogen-bond acceptors (Lipinski definition) is 6. The topological polar surface area (TPSA) is 115 Å². The van der Waals surface area contributed by atoms with Gasteiger partial charge in [-0.3, -0.25) is 14.4 Å². The standard InChI is InChI=1S/C21H24N2O6/c1-12-19(21(27)29-4)16(23-20(12)13(2)24)10-17(25)22-15(11-18(26)28-3)14-8-6-5-7-9-14/h5-9,15,23H,10-11H2,1-4H3,(H,22,25). The second-order valence-electron chi connectivity index (χ2n) is 6.51. The Bertz CT molecular complexity index is 917. The molecule has 154 valence electrons. The van der Waals surface area contributed by atoms with Gasteiger partial charge in [-0.1, -0.05) is 30.3 Å². The van der Waals surface area contributed by atoms with Gasteiger partial charge in [0.1, 0.15) is 0 Å². The third kappa shape index (κ3) is 5.31. The number of carbonyl (C=O) groups is 4. The molecule has 0 saturated heterocycles. The SMILES string of the molecule is COC(=O)CC(NC(=O)Cc1[nH]c(C(C)=O)c(C)c1C(=O)OC)c1ccccc1. The molecule has 0 saturated carbocycles. The van der Waals surface area contributed by atoms with E-state index in [1.165, 1.54) is 21.1 Å². The Morgan fingerprint density at radius 2 is 1.72 bits per heavy atom. The maximum Gasteiger partial charge on any atom is 0.339 e. The van der Waals surface area contributed by atoms with E-state index in [1.807, 2.05) is 6.07 Å². The van der Waals surface area contributed by atoms with Crippen LogP contribution in [0.4, 0.5) is 0 Å². The lowest BCUT2D eigenvalue weighted by Gasteiger charge is -2.18. The molecule has 2 aromatic rings. The fourth-order valence-corrected chi connectivity index (χ4v) is 3.11. The van der Waals surface area contributed by atoms with Gasteiger partial charge < -0.3 is 19.8 Å². The second kappa shape index (κ2) is 9.68. The molecule has 1 heterocycles. The van der Waals surface area contributed by atoms with Crippen LogP contribution in [0.1, 0.15) is 57.1 Å². The first kappa shape index (κ1) is 21.9. The number of benzene rings is 1. The monoisotopic (exact) mass is 400 g/mol. The van der Waals surface area contributed by atoms with Crippen LogP contribution >= 0.6 is 0 Å². The minimum atomic E-state index is -0.636. The normalized spacial score (nSPS) is 11.4. The highest BCUT2D eigenvalue weighted by atomic mass is 16.5. The van der Waals surface area contributed by atoms with Crippen molar-refractivity contribution in [2.45, 2.75) is 32.7 Å². The number of Topliss-reactive ketones (excluding diaryl/α,β-unsaturated/α-hetero) is 1. The van der Waals surface area contributed by atoms with Gasteiger partial charge in [-0.2, -0.15) is 0 Å². The van der Waals surface area contributed by atoms with Gasteiger partial charge in [0.15, 0.2) is 5.78 Å². The van der Waals surface area contributed by atoms with Crippen LogP contribution in [-0.2, 0) is 25.5 Å². The molecule has 29 heavy (non-hydrogen) atoms. The molecule has 1 atom stereocenters. The molecule has 0 aliphatic heterocycles. The first-order chi connectivity index (χ1) is 13.8. The Kier molecular flexibility index (Phi) is 7.30. The molecular weight excluding hydrogens is 376 g/mol. The minimum absolute atomic E-state index is 0.0431. The van der Waals surface area contributed by atoms with Crippen molar-refractivity contribution in [1.82, 2.24) is 10.3 Å². The average Bonchev–Trinajstić information content (AvgIpc) is 3.03. The highest BCUT2D eigenvalue weighted by Crippen LogP contribution is 2.22. The average molecular weight is 400 g/mol. The summed E-state index contributed by atoms with van der Waals surface area (Å²) in [4.78, 5) is 51.3. The molecule has 2 rings (SSSR count). The molecular formula is C21H24N2O6. The van der Waals surface area contributed by atoms with E-state index in [0.29, 0.717) is 5.56 Å². The zero-order valence-electron chi connectivity index (χ0n) is 16.8. The van der Waals surface area contributed by atoms with E-state index in [0.717, 1.165) is 5.56 Å². The van der Waals surface area contributed by atoms with Gasteiger partial charge in [0, 0.05) is 12.6 Å². The van der Waals surface area contributed by atoms with E-state index < -0.39 is 23.9 Å². The Morgan fingerprint density at radius 1 is 1.07 bits per heavy atom. The van der Waals surface area contributed by atoms with Crippen molar-refractivity contribution in [3.63, 3.8) is 0 Å². The number of H-pyrrole nitrogens is 1. The van der Waals surface area contributed by atoms with Crippen molar-refractivity contribution < 1.29 is 28.7 Å². The van der Waals surface area contributed by atoms with Crippen LogP contribution in [0.5, 0.6) is 0 Å². The van der Waals surface area contributed by atoms with Crippen LogP contribution < -0.4 is 5.32 Å². The first-order valence-corrected chi connectivity index (χ1v) is 9.00. The van der Waals surface area contributed by atoms with Gasteiger partial charge in [-0.15, -0.1) is 0 Å². The minimum Gasteiger partial charge on any atom is -0.469 e. The van der Waals surface area contributed by atoms with E-state index in [2.05, 4.69) is 10.3 Å². The van der Waals surface area contributed by atoms with Gasteiger partial charge >= 0.3 is 11.9 Å². The lowest BCUT2D eigenvalue weighted by molar-refractivity contribution is -0.141. The first-order valence-electron chi connectivity index (χ1n) is 9.00. The Morgan fingerprint density at radius 3 is 2.28 bits per heavy atom. The molecule has 1 aromatic heterocycles. The predicted molar refractivity (Wildman–Crippen MR) is 105 cm³/mol. The number of rotatable bonds is 8. The highest BCUT2D eigenvalue weighted by Gasteiger charge is 2.26. The molecule has 8 heteroatoms. The van der Waals surface area contributed by atoms with Crippen molar-refractivity contribution >= 4 is 23.6 Å². The Labute approximate surface area is 168 Å². The van der Waals surface area contributed by atoms with Crippen LogP contribution in [0.3, 0.4) is 0 Å². The number of ether oxygens (including phenoxy) is 2. The highest BCUT2D eigenvalue weighted by molar-refractivity contribution is 6.01. The molecule has 0 radical (unpaired) electrons. The van der Waals surface area contributed by atoms with Gasteiger partial charge in [-0.25, -0.2) is 4.79 Å². The number of nitrogens with one attached hydrogen (secondary N) is 2. The molecule has 0 aliphatic carbocycles. The summed E-state index contributed by atoms with van der Waals surface area (Å²) in [5.74, 6) is -1.79. The fourth-order valence-electron chi connectivity index (χ4n) is 3.11. The van der Waals surface area contributed by atoms with E-state index in [1.54, 1.807) is 31.2 Å². The summed E-state index contributed by atoms with van der Waals surface area (Å²) in [5, 5.41) is 2.79. The number of amides is 1. The van der Waals surface area contributed by atoms with Gasteiger partial charge in [-0.05, 0) is 18.1 Å². The molecule has 0 aliphatic rings. The van der Waals surface area contributed by atoms with Crippen LogP contribution in [0.2, 0.25) is 0 Å². The zero-order chi connectivity index (χ0) is 21.6. The van der Waals surface area contributed by atoms with Crippen molar-refractivity contribution in [2.24, 2.45) is 0 Å². The molecule has 8 nitrogen and oxygen atoms in total. The fraction of sp³-hybridized carbons (Fsp3) is 0.333. The molecule has 1 unspecified atom stereocenters. The summed E-state index contributed by atoms with van der Waals surface area (Å²) < 4.78 is 9.50. The molecule has 1 aromatic carbocycles. The number of esters is 2. The number of aromatic nitrogens is 1. The number of carbonyl (C=O) groups excluding carboxylic acids is 4. The van der Waals surface area contributed by atoms with E-state index in [9.17, 15) is 19.2 Å². The summed E-state index contributed by atoms with van der Waals surface area (Å²) >= 11 is 0. The maximum absolute atomic E-state index is 12.7. The lowest BCUT2D eigenvalue weighted by Crippen LogP contribution is -2.32. The second-order valence-corrected chi connectivity index (χ2v) is 6.51. The summed E-state index contributed by atoms with van der Waals surface area (Å²) in [6.45, 7) is 2.98. The lowest BCUT2D eigenvalue weighted by atomic mass is 10.0. The number of aromatic amines is 1. The summed E-state index contributed by atoms with van der Waals surface area (Å²) in [6.07, 6.45) is -0.235. The third-order valence-electron chi connectivity index (χ3n) is 4.54. The van der Waals surface area contributed by atoms with Gasteiger partial charge in [0.05, 0.1) is 44.4 Å². The van der Waals surface area contributed by atoms with E-state index in [-0.39, 0.29) is 35.6 Å². The number of ketones is 1. The van der Waals surface area contributed by atoms with Crippen molar-refractivity contribution in [3.8, 4) is 0 Å². The maximum atomic E-state index is 12.7. The van der Waals surface area contributed by atoms with Gasteiger partial charge in [0.25, 0.3) is 0 Å². The third-order valence-corrected chi connectivity index (χ3v) is 4.54. The Hall–Kier alpha value is -3.42. The van der Waals surface area contributed by atoms with E-state index >= 15 is 0 Å². The van der Waals surface area contributed by atoms with Crippen molar-refractivity contribution in [1.29, 1.82) is 0 Å². The van der Waals surface area contributed by atoms with Crippen molar-refractivity contribution in [2.75, 3.05) is 14.2 Å². The molecule has 0 fully saturated rings. The summed E-state index contributed by atoms with van der Waals surface area (Å²) in [7, 11) is 2.51. The largest absolute Gasteiger partial charge is 0.469 e. The molecule has 1 amide bonds. The Balaban J connectivity index is 2.28.